The minimum atomic E-state index is -4.68. The van der Waals surface area contributed by atoms with Crippen LogP contribution in [0.3, 0.4) is 0 Å². The molecule has 1 N–H and O–H groups in total. The molecule has 16 heteroatoms. The first kappa shape index (κ1) is 34.9. The van der Waals surface area contributed by atoms with Crippen LogP contribution in [-0.4, -0.2) is 84.8 Å². The number of hydrogen-bond acceptors (Lipinski definition) is 7. The Morgan fingerprint density at radius 2 is 1.78 bits per heavy atom. The number of hydrogen-bond donors (Lipinski definition) is 1. The maximum atomic E-state index is 14.1. The highest BCUT2D eigenvalue weighted by Crippen LogP contribution is 2.31. The zero-order valence-electron chi connectivity index (χ0n) is 28.3. The highest BCUT2D eigenvalue weighted by molar-refractivity contribution is 6.02. The molecule has 2 aromatic carbocycles. The molecule has 6 rings (SSSR count). The number of likely N-dealkylation sites (N-methyl/N-ethyl adjacent to an activating group) is 1. The minimum absolute atomic E-state index is 0.0468. The first-order valence-corrected chi connectivity index (χ1v) is 16.1. The van der Waals surface area contributed by atoms with Crippen molar-refractivity contribution in [2.24, 2.45) is 7.05 Å². The summed E-state index contributed by atoms with van der Waals surface area (Å²) in [5, 5.41) is 20.4. The van der Waals surface area contributed by atoms with Gasteiger partial charge in [0.15, 0.2) is 0 Å². The Kier molecular flexibility index (Phi) is 9.17. The molecule has 0 radical (unpaired) electrons. The third-order valence-electron chi connectivity index (χ3n) is 9.11. The van der Waals surface area contributed by atoms with Crippen LogP contribution in [-0.2, 0) is 24.6 Å². The van der Waals surface area contributed by atoms with Crippen LogP contribution in [0.1, 0.15) is 39.9 Å². The standard InChI is InChI=1S/C35H34F3N9O4/c1-22-18-26(42-51-22)21-47(4)16-14-44(15-17-47)33(49)23(2)41-32(48)30-31(29-12-13-40-45(29)27-10-8-24(20-39)9-11-27)43(3)46(34(30)50)28-7-5-6-25(19-28)35(36,37)38/h5-13,18-19,23H,14-17,21H2,1-4H3/p+1/t23-/m0/s1. The summed E-state index contributed by atoms with van der Waals surface area (Å²) in [6.07, 6.45) is -3.24. The molecule has 0 aliphatic carbocycles. The molecule has 3 aromatic heterocycles. The fraction of sp³-hybridized carbons (Fsp3) is 0.314. The van der Waals surface area contributed by atoms with E-state index in [4.69, 9.17) is 4.52 Å². The van der Waals surface area contributed by atoms with Crippen LogP contribution in [0.25, 0.3) is 22.8 Å². The topological polar surface area (TPSA) is 144 Å². The highest BCUT2D eigenvalue weighted by atomic mass is 19.4. The summed E-state index contributed by atoms with van der Waals surface area (Å²) in [5.74, 6) is -0.508. The zero-order valence-corrected chi connectivity index (χ0v) is 28.3. The Balaban J connectivity index is 1.32. The van der Waals surface area contributed by atoms with Crippen molar-refractivity contribution in [1.82, 2.24) is 34.5 Å². The number of carbonyl (C=O) groups excluding carboxylic acids is 2. The smallest absolute Gasteiger partial charge is 0.361 e. The predicted molar refractivity (Wildman–Crippen MR) is 178 cm³/mol. The van der Waals surface area contributed by atoms with Gasteiger partial charge in [-0.15, -0.1) is 0 Å². The number of benzene rings is 2. The van der Waals surface area contributed by atoms with Gasteiger partial charge >= 0.3 is 6.18 Å². The van der Waals surface area contributed by atoms with Gasteiger partial charge in [0.05, 0.1) is 73.7 Å². The largest absolute Gasteiger partial charge is 0.416 e. The Hall–Kier alpha value is -5.95. The Morgan fingerprint density at radius 1 is 1.08 bits per heavy atom. The molecule has 1 fully saturated rings. The molecule has 1 aliphatic heterocycles. The van der Waals surface area contributed by atoms with Gasteiger partial charge < -0.3 is 19.2 Å². The van der Waals surface area contributed by atoms with Gasteiger partial charge in [-0.3, -0.25) is 19.1 Å². The van der Waals surface area contributed by atoms with E-state index in [-0.39, 0.29) is 23.0 Å². The molecule has 1 aliphatic rings. The molecule has 1 atom stereocenters. The third-order valence-corrected chi connectivity index (χ3v) is 9.11. The Labute approximate surface area is 290 Å². The van der Waals surface area contributed by atoms with Crippen molar-refractivity contribution in [3.63, 3.8) is 0 Å². The lowest BCUT2D eigenvalue weighted by Crippen LogP contribution is -2.60. The summed E-state index contributed by atoms with van der Waals surface area (Å²) in [7, 11) is 3.52. The van der Waals surface area contributed by atoms with Crippen LogP contribution in [0, 0.1) is 18.3 Å². The first-order valence-electron chi connectivity index (χ1n) is 16.1. The summed E-state index contributed by atoms with van der Waals surface area (Å²) in [6, 6.07) is 15.1. The van der Waals surface area contributed by atoms with Crippen molar-refractivity contribution in [2.75, 3.05) is 33.2 Å². The quantitative estimate of drug-likeness (QED) is 0.242. The average molecular weight is 703 g/mol. The van der Waals surface area contributed by atoms with Gasteiger partial charge in [0.25, 0.3) is 11.5 Å². The van der Waals surface area contributed by atoms with Crippen LogP contribution >= 0.6 is 0 Å². The minimum Gasteiger partial charge on any atom is -0.361 e. The number of aromatic nitrogens is 5. The molecule has 0 saturated carbocycles. The lowest BCUT2D eigenvalue weighted by atomic mass is 10.1. The number of amides is 2. The van der Waals surface area contributed by atoms with Crippen LogP contribution in [0.15, 0.2) is 76.2 Å². The van der Waals surface area contributed by atoms with Crippen molar-refractivity contribution in [1.29, 1.82) is 5.26 Å². The monoisotopic (exact) mass is 702 g/mol. The Bertz CT molecular complexity index is 2200. The lowest BCUT2D eigenvalue weighted by Gasteiger charge is -2.42. The van der Waals surface area contributed by atoms with E-state index in [1.165, 1.54) is 41.7 Å². The molecule has 51 heavy (non-hydrogen) atoms. The van der Waals surface area contributed by atoms with Crippen LogP contribution in [0.2, 0.25) is 0 Å². The second kappa shape index (κ2) is 13.4. The fourth-order valence-electron chi connectivity index (χ4n) is 6.39. The number of piperazine rings is 1. The first-order chi connectivity index (χ1) is 24.2. The molecule has 0 unspecified atom stereocenters. The van der Waals surface area contributed by atoms with Crippen molar-refractivity contribution in [3.8, 4) is 28.8 Å². The Morgan fingerprint density at radius 3 is 2.41 bits per heavy atom. The van der Waals surface area contributed by atoms with E-state index in [0.29, 0.717) is 48.5 Å². The van der Waals surface area contributed by atoms with E-state index in [2.05, 4.69) is 22.6 Å². The molecule has 2 amide bonds. The molecular formula is C35H35F3N9O4+. The van der Waals surface area contributed by atoms with Gasteiger partial charge in [-0.25, -0.2) is 9.36 Å². The summed E-state index contributed by atoms with van der Waals surface area (Å²) in [6.45, 7) is 6.12. The second-order valence-corrected chi connectivity index (χ2v) is 12.9. The van der Waals surface area contributed by atoms with Crippen molar-refractivity contribution < 1.29 is 31.8 Å². The number of nitrogens with zero attached hydrogens (tertiary/aromatic N) is 8. The number of nitrogens with one attached hydrogen (secondary N) is 1. The van der Waals surface area contributed by atoms with Gasteiger partial charge in [-0.05, 0) is 62.4 Å². The molecule has 5 aromatic rings. The van der Waals surface area contributed by atoms with E-state index < -0.39 is 34.8 Å². The van der Waals surface area contributed by atoms with Crippen molar-refractivity contribution >= 4 is 11.8 Å². The average Bonchev–Trinajstić information content (AvgIpc) is 3.81. The van der Waals surface area contributed by atoms with E-state index in [1.54, 1.807) is 35.2 Å². The van der Waals surface area contributed by atoms with Gasteiger partial charge in [-0.2, -0.15) is 23.5 Å². The number of halogens is 3. The SMILES string of the molecule is Cc1cc(C[N+]2(C)CCN(C(=O)[C@H](C)NC(=O)c3c(-c4ccnn4-c4ccc(C#N)cc4)n(C)n(-c4cccc(C(F)(F)F)c4)c3=O)CC2)no1. The number of aryl methyl sites for hydroxylation is 1. The summed E-state index contributed by atoms with van der Waals surface area (Å²) < 4.78 is 50.6. The van der Waals surface area contributed by atoms with Crippen LogP contribution in [0.4, 0.5) is 13.2 Å². The van der Waals surface area contributed by atoms with Gasteiger partial charge in [-0.1, -0.05) is 11.2 Å². The normalized spacial score (nSPS) is 15.0. The molecule has 1 saturated heterocycles. The summed E-state index contributed by atoms with van der Waals surface area (Å²) in [5.41, 5.74) is -0.354. The third kappa shape index (κ3) is 6.93. The van der Waals surface area contributed by atoms with Crippen LogP contribution < -0.4 is 10.9 Å². The molecule has 13 nitrogen and oxygen atoms in total. The zero-order chi connectivity index (χ0) is 36.7. The van der Waals surface area contributed by atoms with Gasteiger partial charge in [0.2, 0.25) is 5.91 Å². The summed E-state index contributed by atoms with van der Waals surface area (Å²) in [4.78, 5) is 43.5. The maximum absolute atomic E-state index is 14.1. The van der Waals surface area contributed by atoms with Gasteiger partial charge in [0.1, 0.15) is 35.3 Å². The molecule has 0 spiro atoms. The predicted octanol–water partition coefficient (Wildman–Crippen LogP) is 3.82. The number of quaternary nitrogens is 1. The molecule has 4 heterocycles. The van der Waals surface area contributed by atoms with Gasteiger partial charge in [0, 0.05) is 13.1 Å². The lowest BCUT2D eigenvalue weighted by molar-refractivity contribution is -0.926. The fourth-order valence-corrected chi connectivity index (χ4v) is 6.39. The molecule has 0 bridgehead atoms. The van der Waals surface area contributed by atoms with E-state index in [1.807, 2.05) is 19.1 Å². The van der Waals surface area contributed by atoms with E-state index >= 15 is 0 Å². The number of nitriles is 1. The van der Waals surface area contributed by atoms with Crippen molar-refractivity contribution in [2.45, 2.75) is 32.6 Å². The van der Waals surface area contributed by atoms with E-state index in [9.17, 15) is 32.8 Å². The highest BCUT2D eigenvalue weighted by Gasteiger charge is 2.36. The second-order valence-electron chi connectivity index (χ2n) is 12.9. The summed E-state index contributed by atoms with van der Waals surface area (Å²) >= 11 is 0. The van der Waals surface area contributed by atoms with E-state index in [0.717, 1.165) is 28.3 Å². The number of rotatable bonds is 8. The van der Waals surface area contributed by atoms with Crippen molar-refractivity contribution in [3.05, 3.63) is 105 Å². The molecular weight excluding hydrogens is 667 g/mol. The molecule has 264 valence electrons. The van der Waals surface area contributed by atoms with Crippen LogP contribution in [0.5, 0.6) is 0 Å². The number of alkyl halides is 3. The number of carbonyl (C=O) groups is 2. The maximum Gasteiger partial charge on any atom is 0.416 e.